The monoisotopic (exact) mass is 505 g/mol. The molecule has 33 heavy (non-hydrogen) atoms. The summed E-state index contributed by atoms with van der Waals surface area (Å²) in [6, 6.07) is 13.5. The topological polar surface area (TPSA) is 112 Å². The summed E-state index contributed by atoms with van der Waals surface area (Å²) in [4.78, 5) is 33.1. The predicted molar refractivity (Wildman–Crippen MR) is 130 cm³/mol. The number of hydrogen-bond acceptors (Lipinski definition) is 6. The fourth-order valence-corrected chi connectivity index (χ4v) is 4.78. The lowest BCUT2D eigenvalue weighted by molar-refractivity contribution is 0.102. The van der Waals surface area contributed by atoms with Gasteiger partial charge in [0.15, 0.2) is 5.13 Å². The van der Waals surface area contributed by atoms with E-state index in [2.05, 4.69) is 15.0 Å². The highest BCUT2D eigenvalue weighted by Gasteiger charge is 2.31. The minimum absolute atomic E-state index is 0.167. The number of hydrogen-bond donors (Lipinski definition) is 2. The van der Waals surface area contributed by atoms with Crippen LogP contribution < -0.4 is 14.9 Å². The summed E-state index contributed by atoms with van der Waals surface area (Å²) in [6.45, 7) is 1.48. The van der Waals surface area contributed by atoms with Crippen molar-refractivity contribution in [2.45, 2.75) is 6.54 Å². The summed E-state index contributed by atoms with van der Waals surface area (Å²) in [6.07, 6.45) is 1.05. The Labute approximate surface area is 200 Å². The third-order valence-corrected chi connectivity index (χ3v) is 6.48. The largest absolute Gasteiger partial charge is 0.326 e. The number of nitrogens with one attached hydrogen (secondary N) is 2. The Bertz CT molecular complexity index is 1290. The molecule has 2 heterocycles. The number of benzene rings is 2. The third-order valence-electron chi connectivity index (χ3n) is 4.76. The van der Waals surface area contributed by atoms with Gasteiger partial charge in [-0.3, -0.25) is 14.4 Å². The first kappa shape index (κ1) is 23.0. The molecule has 1 aliphatic heterocycles. The number of urea groups is 1. The Morgan fingerprint density at radius 3 is 2.61 bits per heavy atom. The number of thiazole rings is 1. The van der Waals surface area contributed by atoms with Gasteiger partial charge in [0.1, 0.15) is 5.69 Å². The van der Waals surface area contributed by atoms with E-state index in [1.165, 1.54) is 17.4 Å². The molecule has 0 radical (unpaired) electrons. The fraction of sp³-hybridized carbons (Fsp3) is 0.190. The number of carbonyl (C=O) groups is 2. The number of amides is 3. The molecule has 1 aromatic heterocycles. The van der Waals surface area contributed by atoms with E-state index in [0.29, 0.717) is 41.2 Å². The molecule has 12 heteroatoms. The molecule has 0 atom stereocenters. The molecular weight excluding hydrogens is 486 g/mol. The van der Waals surface area contributed by atoms with Crippen molar-refractivity contribution in [1.82, 2.24) is 9.88 Å². The molecule has 2 aromatic carbocycles. The zero-order valence-corrected chi connectivity index (χ0v) is 19.9. The maximum Gasteiger partial charge on any atom is 0.326 e. The summed E-state index contributed by atoms with van der Waals surface area (Å²) in [5.74, 6) is -0.460. The van der Waals surface area contributed by atoms with Crippen LogP contribution in [0.5, 0.6) is 0 Å². The molecule has 2 N–H and O–H groups in total. The maximum atomic E-state index is 12.8. The fourth-order valence-electron chi connectivity index (χ4n) is 3.28. The molecule has 0 aliphatic carbocycles. The van der Waals surface area contributed by atoms with Crippen LogP contribution in [0.2, 0.25) is 5.02 Å². The molecule has 0 saturated carbocycles. The highest BCUT2D eigenvalue weighted by molar-refractivity contribution is 7.92. The number of halogens is 1. The van der Waals surface area contributed by atoms with E-state index in [1.54, 1.807) is 45.5 Å². The average Bonchev–Trinajstić information content (AvgIpc) is 3.36. The Balaban J connectivity index is 1.40. The first-order chi connectivity index (χ1) is 15.7. The first-order valence-electron chi connectivity index (χ1n) is 9.83. The van der Waals surface area contributed by atoms with Gasteiger partial charge in [-0.1, -0.05) is 29.8 Å². The van der Waals surface area contributed by atoms with Crippen molar-refractivity contribution in [3.63, 3.8) is 0 Å². The van der Waals surface area contributed by atoms with E-state index < -0.39 is 15.9 Å². The van der Waals surface area contributed by atoms with E-state index in [4.69, 9.17) is 11.6 Å². The highest BCUT2D eigenvalue weighted by atomic mass is 35.5. The Morgan fingerprint density at radius 1 is 1.15 bits per heavy atom. The van der Waals surface area contributed by atoms with Crippen molar-refractivity contribution in [2.24, 2.45) is 0 Å². The van der Waals surface area contributed by atoms with Crippen LogP contribution in [-0.4, -0.2) is 49.6 Å². The molecule has 1 saturated heterocycles. The van der Waals surface area contributed by atoms with Gasteiger partial charge in [0.25, 0.3) is 5.91 Å². The zero-order valence-electron chi connectivity index (χ0n) is 17.5. The average molecular weight is 506 g/mol. The molecule has 1 aliphatic rings. The van der Waals surface area contributed by atoms with Crippen molar-refractivity contribution in [3.8, 4) is 0 Å². The molecule has 0 unspecified atom stereocenters. The van der Waals surface area contributed by atoms with Gasteiger partial charge in [-0.05, 0) is 35.9 Å². The lowest BCUT2D eigenvalue weighted by Gasteiger charge is -2.17. The number of aromatic nitrogens is 1. The lowest BCUT2D eigenvalue weighted by atomic mass is 10.2. The molecule has 0 spiro atoms. The Hall–Kier alpha value is -3.15. The second kappa shape index (κ2) is 9.38. The van der Waals surface area contributed by atoms with Crippen LogP contribution in [0.15, 0.2) is 53.9 Å². The highest BCUT2D eigenvalue weighted by Crippen LogP contribution is 2.26. The van der Waals surface area contributed by atoms with Crippen LogP contribution in [0.1, 0.15) is 16.1 Å². The second-order valence-corrected chi connectivity index (χ2v) is 10.4. The van der Waals surface area contributed by atoms with Gasteiger partial charge in [0.2, 0.25) is 10.0 Å². The minimum atomic E-state index is -3.43. The summed E-state index contributed by atoms with van der Waals surface area (Å²) in [5, 5.41) is 5.35. The van der Waals surface area contributed by atoms with Crippen LogP contribution in [0.4, 0.5) is 21.3 Å². The summed E-state index contributed by atoms with van der Waals surface area (Å²) >= 11 is 7.12. The molecular formula is C21H20ClN5O4S2. The molecule has 9 nitrogen and oxygen atoms in total. The van der Waals surface area contributed by atoms with E-state index >= 15 is 0 Å². The molecule has 0 bridgehead atoms. The summed E-state index contributed by atoms with van der Waals surface area (Å²) in [5.41, 5.74) is 1.88. The van der Waals surface area contributed by atoms with Gasteiger partial charge < -0.3 is 10.2 Å². The van der Waals surface area contributed by atoms with Gasteiger partial charge >= 0.3 is 6.03 Å². The molecule has 1 fully saturated rings. The van der Waals surface area contributed by atoms with E-state index in [9.17, 15) is 18.0 Å². The standard InChI is InChI=1S/C21H20ClN5O4S2/c1-33(30,31)25-17-4-2-3-16(11-17)23-19(28)18-13-32-20(24-18)27-10-9-26(21(27)29)12-14-5-7-15(22)8-6-14/h2-8,11,13,25H,9-10,12H2,1H3,(H,23,28). The van der Waals surface area contributed by atoms with Crippen molar-refractivity contribution in [1.29, 1.82) is 0 Å². The summed E-state index contributed by atoms with van der Waals surface area (Å²) in [7, 11) is -3.43. The second-order valence-electron chi connectivity index (χ2n) is 7.41. The smallest absolute Gasteiger partial charge is 0.321 e. The van der Waals surface area contributed by atoms with E-state index in [-0.39, 0.29) is 11.7 Å². The van der Waals surface area contributed by atoms with Crippen LogP contribution in [0.25, 0.3) is 0 Å². The first-order valence-corrected chi connectivity index (χ1v) is 13.0. The quantitative estimate of drug-likeness (QED) is 0.506. The minimum Gasteiger partial charge on any atom is -0.321 e. The molecule has 4 rings (SSSR count). The van der Waals surface area contributed by atoms with Gasteiger partial charge in [0.05, 0.1) is 11.9 Å². The number of carbonyl (C=O) groups excluding carboxylic acids is 2. The number of nitrogens with zero attached hydrogens (tertiary/aromatic N) is 3. The molecule has 3 aromatic rings. The number of anilines is 3. The maximum absolute atomic E-state index is 12.8. The van der Waals surface area contributed by atoms with Gasteiger partial charge in [0, 0.05) is 35.7 Å². The van der Waals surface area contributed by atoms with Crippen LogP contribution >= 0.6 is 22.9 Å². The predicted octanol–water partition coefficient (Wildman–Crippen LogP) is 3.86. The van der Waals surface area contributed by atoms with Crippen LogP contribution in [-0.2, 0) is 16.6 Å². The van der Waals surface area contributed by atoms with Crippen molar-refractivity contribution in [2.75, 3.05) is 34.3 Å². The summed E-state index contributed by atoms with van der Waals surface area (Å²) < 4.78 is 25.2. The SMILES string of the molecule is CS(=O)(=O)Nc1cccc(NC(=O)c2csc(N3CCN(Cc4ccc(Cl)cc4)C3=O)n2)c1. The molecule has 3 amide bonds. The number of rotatable bonds is 7. The van der Waals surface area contributed by atoms with Crippen LogP contribution in [0, 0.1) is 0 Å². The van der Waals surface area contributed by atoms with E-state index in [1.807, 2.05) is 12.1 Å². The Morgan fingerprint density at radius 2 is 1.88 bits per heavy atom. The van der Waals surface area contributed by atoms with Gasteiger partial charge in [-0.2, -0.15) is 0 Å². The lowest BCUT2D eigenvalue weighted by Crippen LogP contribution is -2.31. The third kappa shape index (κ3) is 5.81. The van der Waals surface area contributed by atoms with E-state index in [0.717, 1.165) is 11.8 Å². The molecule has 172 valence electrons. The van der Waals surface area contributed by atoms with Crippen molar-refractivity contribution >= 4 is 61.4 Å². The Kier molecular flexibility index (Phi) is 6.54. The normalized spacial score (nSPS) is 13.9. The van der Waals surface area contributed by atoms with Crippen molar-refractivity contribution in [3.05, 3.63) is 70.2 Å². The van der Waals surface area contributed by atoms with Gasteiger partial charge in [-0.15, -0.1) is 11.3 Å². The van der Waals surface area contributed by atoms with Crippen LogP contribution in [0.3, 0.4) is 0 Å². The number of sulfonamides is 1. The zero-order chi connectivity index (χ0) is 23.6. The van der Waals surface area contributed by atoms with Crippen molar-refractivity contribution < 1.29 is 18.0 Å². The van der Waals surface area contributed by atoms with Gasteiger partial charge in [-0.25, -0.2) is 18.2 Å².